The summed E-state index contributed by atoms with van der Waals surface area (Å²) in [5.74, 6) is 0. The summed E-state index contributed by atoms with van der Waals surface area (Å²) in [6.07, 6.45) is 0.534. The van der Waals surface area contributed by atoms with E-state index in [9.17, 15) is 0 Å². The van der Waals surface area contributed by atoms with Gasteiger partial charge in [-0.25, -0.2) is 0 Å². The molecule has 0 aromatic rings. The van der Waals surface area contributed by atoms with Crippen molar-refractivity contribution in [2.45, 2.75) is 29.7 Å². The van der Waals surface area contributed by atoms with Crippen LogP contribution >= 0.6 is 34.8 Å². The molecule has 0 aliphatic carbocycles. The predicted octanol–water partition coefficient (Wildman–Crippen LogP) is 2.52. The molecule has 0 radical (unpaired) electrons. The van der Waals surface area contributed by atoms with Crippen molar-refractivity contribution in [3.8, 4) is 0 Å². The lowest BCUT2D eigenvalue weighted by Crippen LogP contribution is -2.07. The van der Waals surface area contributed by atoms with E-state index >= 15 is 0 Å². The first kappa shape index (κ1) is 9.83. The van der Waals surface area contributed by atoms with Crippen molar-refractivity contribution >= 4 is 34.8 Å². The smallest absolute Gasteiger partial charge is 0.190 e. The van der Waals surface area contributed by atoms with E-state index in [0.717, 1.165) is 0 Å². The normalized spacial score (nSPS) is 15.7. The van der Waals surface area contributed by atoms with Crippen molar-refractivity contribution in [3.63, 3.8) is 0 Å². The second kappa shape index (κ2) is 3.87. The molecule has 1 nitrogen and oxygen atoms in total. The van der Waals surface area contributed by atoms with Gasteiger partial charge in [0.15, 0.2) is 3.79 Å². The molecule has 0 aliphatic rings. The summed E-state index contributed by atoms with van der Waals surface area (Å²) in [5, 5.41) is 8.74. The lowest BCUT2D eigenvalue weighted by molar-refractivity contribution is 0.182. The van der Waals surface area contributed by atoms with Crippen LogP contribution in [0.4, 0.5) is 0 Å². The number of aliphatic hydroxyl groups is 1. The topological polar surface area (TPSA) is 20.2 Å². The van der Waals surface area contributed by atoms with E-state index in [1.165, 1.54) is 0 Å². The Hall–Kier alpha value is 0.830. The predicted molar refractivity (Wildman–Crippen MR) is 41.2 cm³/mol. The van der Waals surface area contributed by atoms with Gasteiger partial charge < -0.3 is 5.11 Å². The number of halogens is 3. The molecule has 9 heavy (non-hydrogen) atoms. The van der Waals surface area contributed by atoms with E-state index in [-0.39, 0.29) is 6.10 Å². The second-order valence-electron chi connectivity index (χ2n) is 2.00. The molecule has 0 aromatic carbocycles. The second-order valence-corrected chi connectivity index (χ2v) is 4.52. The van der Waals surface area contributed by atoms with Gasteiger partial charge in [-0.15, -0.1) is 0 Å². The lowest BCUT2D eigenvalue weighted by Gasteiger charge is -2.10. The van der Waals surface area contributed by atoms with Crippen molar-refractivity contribution in [2.24, 2.45) is 0 Å². The highest BCUT2D eigenvalue weighted by Gasteiger charge is 2.19. The van der Waals surface area contributed by atoms with E-state index in [1.54, 1.807) is 6.92 Å². The minimum atomic E-state index is -1.21. The highest BCUT2D eigenvalue weighted by atomic mass is 35.6. The van der Waals surface area contributed by atoms with Gasteiger partial charge in [0.05, 0.1) is 6.10 Å². The Balaban J connectivity index is 3.28. The minimum absolute atomic E-state index is 0.388. The summed E-state index contributed by atoms with van der Waals surface area (Å²) in [4.78, 5) is 0. The fraction of sp³-hybridized carbons (Fsp3) is 1.00. The number of hydrogen-bond donors (Lipinski definition) is 1. The molecule has 1 atom stereocenters. The summed E-state index contributed by atoms with van der Waals surface area (Å²) in [6.45, 7) is 1.66. The third kappa shape index (κ3) is 8.83. The fourth-order valence-electron chi connectivity index (χ4n) is 0.373. The van der Waals surface area contributed by atoms with Gasteiger partial charge in [-0.2, -0.15) is 0 Å². The van der Waals surface area contributed by atoms with Crippen LogP contribution in [0.25, 0.3) is 0 Å². The number of hydrogen-bond acceptors (Lipinski definition) is 1. The first-order valence-electron chi connectivity index (χ1n) is 2.66. The van der Waals surface area contributed by atoms with Gasteiger partial charge in [0.2, 0.25) is 0 Å². The van der Waals surface area contributed by atoms with Crippen molar-refractivity contribution in [3.05, 3.63) is 0 Å². The quantitative estimate of drug-likeness (QED) is 0.665. The summed E-state index contributed by atoms with van der Waals surface area (Å²) in [5.41, 5.74) is 0. The Morgan fingerprint density at radius 2 is 1.89 bits per heavy atom. The summed E-state index contributed by atoms with van der Waals surface area (Å²) in [6, 6.07) is 0. The van der Waals surface area contributed by atoms with E-state index in [0.29, 0.717) is 12.8 Å². The van der Waals surface area contributed by atoms with Gasteiger partial charge in [-0.1, -0.05) is 34.8 Å². The molecule has 0 bridgehead atoms. The zero-order valence-electron chi connectivity index (χ0n) is 5.07. The third-order valence-electron chi connectivity index (χ3n) is 0.846. The molecule has 0 heterocycles. The molecule has 0 saturated carbocycles. The Bertz CT molecular complexity index is 76.8. The fourth-order valence-corrected chi connectivity index (χ4v) is 0.700. The van der Waals surface area contributed by atoms with Crippen LogP contribution in [-0.4, -0.2) is 15.0 Å². The van der Waals surface area contributed by atoms with Gasteiger partial charge in [-0.3, -0.25) is 0 Å². The first-order valence-corrected chi connectivity index (χ1v) is 3.80. The molecule has 0 amide bonds. The standard InChI is InChI=1S/C5H9Cl3O/c1-4(9)2-3-5(6,7)8/h4,9H,2-3H2,1H3. The molecule has 1 unspecified atom stereocenters. The highest BCUT2D eigenvalue weighted by molar-refractivity contribution is 6.67. The lowest BCUT2D eigenvalue weighted by atomic mass is 10.2. The van der Waals surface area contributed by atoms with Crippen LogP contribution in [0.2, 0.25) is 0 Å². The largest absolute Gasteiger partial charge is 0.393 e. The van der Waals surface area contributed by atoms with Gasteiger partial charge in [0.1, 0.15) is 0 Å². The van der Waals surface area contributed by atoms with Crippen LogP contribution in [0.15, 0.2) is 0 Å². The van der Waals surface area contributed by atoms with E-state index in [1.807, 2.05) is 0 Å². The molecular weight excluding hydrogens is 182 g/mol. The molecule has 56 valence electrons. The van der Waals surface area contributed by atoms with Gasteiger partial charge in [-0.05, 0) is 19.8 Å². The van der Waals surface area contributed by atoms with Crippen molar-refractivity contribution in [1.29, 1.82) is 0 Å². The maximum Gasteiger partial charge on any atom is 0.190 e. The number of aliphatic hydroxyl groups excluding tert-OH is 1. The SMILES string of the molecule is CC(O)CCC(Cl)(Cl)Cl. The van der Waals surface area contributed by atoms with E-state index in [2.05, 4.69) is 0 Å². The van der Waals surface area contributed by atoms with Gasteiger partial charge in [0.25, 0.3) is 0 Å². The average molecular weight is 191 g/mol. The average Bonchev–Trinajstić information content (AvgIpc) is 1.59. The van der Waals surface area contributed by atoms with Crippen molar-refractivity contribution in [2.75, 3.05) is 0 Å². The van der Waals surface area contributed by atoms with Crippen LogP contribution < -0.4 is 0 Å². The number of rotatable bonds is 2. The van der Waals surface area contributed by atoms with Crippen molar-refractivity contribution < 1.29 is 5.11 Å². The summed E-state index contributed by atoms with van der Waals surface area (Å²) >= 11 is 16.2. The first-order chi connectivity index (χ1) is 3.92. The molecule has 4 heteroatoms. The Morgan fingerprint density at radius 1 is 1.44 bits per heavy atom. The molecule has 0 aliphatic heterocycles. The molecule has 0 fully saturated rings. The van der Waals surface area contributed by atoms with Gasteiger partial charge in [0, 0.05) is 0 Å². The molecule has 0 aromatic heterocycles. The summed E-state index contributed by atoms with van der Waals surface area (Å²) in [7, 11) is 0. The van der Waals surface area contributed by atoms with E-state index < -0.39 is 3.79 Å². The van der Waals surface area contributed by atoms with Crippen molar-refractivity contribution in [1.82, 2.24) is 0 Å². The summed E-state index contributed by atoms with van der Waals surface area (Å²) < 4.78 is -1.21. The highest BCUT2D eigenvalue weighted by Crippen LogP contribution is 2.31. The number of alkyl halides is 3. The molecule has 0 spiro atoms. The van der Waals surface area contributed by atoms with Crippen LogP contribution in [0.1, 0.15) is 19.8 Å². The Kier molecular flexibility index (Phi) is 4.22. The molecule has 0 saturated heterocycles. The van der Waals surface area contributed by atoms with Crippen LogP contribution in [-0.2, 0) is 0 Å². The van der Waals surface area contributed by atoms with Crippen LogP contribution in [0.5, 0.6) is 0 Å². The van der Waals surface area contributed by atoms with E-state index in [4.69, 9.17) is 39.9 Å². The molecule has 1 N–H and O–H groups in total. The minimum Gasteiger partial charge on any atom is -0.393 e. The zero-order chi connectivity index (χ0) is 7.49. The maximum absolute atomic E-state index is 8.74. The van der Waals surface area contributed by atoms with Crippen LogP contribution in [0, 0.1) is 0 Å². The Morgan fingerprint density at radius 3 is 2.00 bits per heavy atom. The molecular formula is C5H9Cl3O. The molecule has 0 rings (SSSR count). The zero-order valence-corrected chi connectivity index (χ0v) is 7.34. The third-order valence-corrected chi connectivity index (χ3v) is 1.41. The maximum atomic E-state index is 8.74. The van der Waals surface area contributed by atoms with Crippen LogP contribution in [0.3, 0.4) is 0 Å². The monoisotopic (exact) mass is 190 g/mol. The Labute approximate surface area is 69.9 Å². The van der Waals surface area contributed by atoms with Gasteiger partial charge >= 0.3 is 0 Å².